The van der Waals surface area contributed by atoms with Crippen LogP contribution in [0.4, 0.5) is 0 Å². The normalized spacial score (nSPS) is 14.4. The third kappa shape index (κ3) is 14.8. The molecule has 10 N–H and O–H groups in total. The van der Waals surface area contributed by atoms with Gasteiger partial charge in [-0.2, -0.15) is 11.8 Å². The van der Waals surface area contributed by atoms with Crippen LogP contribution in [0.15, 0.2) is 4.99 Å². The number of amides is 3. The number of nitrogens with zero attached hydrogens (tertiary/aromatic N) is 1. The molecule has 3 amide bonds. The summed E-state index contributed by atoms with van der Waals surface area (Å²) in [5, 5.41) is 17.4. The molecule has 208 valence electrons. The van der Waals surface area contributed by atoms with Gasteiger partial charge in [0.05, 0.1) is 6.04 Å². The molecule has 0 radical (unpaired) electrons. The standard InChI is InChI=1S/C23H45N7O5S/c1-13(2)11-17(21(33)30-18(22(34)35)12-14(3)4)29-20(32)16(8-10-36-5)28-19(31)15(24)7-6-9-27-23(25)26/h13-18H,6-12,24H2,1-5H3,(H,28,31)(H,29,32)(H,30,33)(H,34,35)(H4,25,26,27). The Morgan fingerprint density at radius 1 is 0.833 bits per heavy atom. The van der Waals surface area contributed by atoms with Gasteiger partial charge < -0.3 is 38.3 Å². The van der Waals surface area contributed by atoms with E-state index in [2.05, 4.69) is 20.9 Å². The van der Waals surface area contributed by atoms with Crippen LogP contribution in [0.25, 0.3) is 0 Å². The lowest BCUT2D eigenvalue weighted by molar-refractivity contribution is -0.143. The molecule has 4 unspecified atom stereocenters. The highest BCUT2D eigenvalue weighted by atomic mass is 32.2. The zero-order valence-corrected chi connectivity index (χ0v) is 22.9. The van der Waals surface area contributed by atoms with Gasteiger partial charge >= 0.3 is 5.97 Å². The monoisotopic (exact) mass is 531 g/mol. The van der Waals surface area contributed by atoms with Crippen LogP contribution in [0.2, 0.25) is 0 Å². The molecule has 13 heteroatoms. The van der Waals surface area contributed by atoms with Gasteiger partial charge in [0.2, 0.25) is 17.7 Å². The summed E-state index contributed by atoms with van der Waals surface area (Å²) >= 11 is 1.51. The SMILES string of the molecule is CSCCC(NC(=O)C(N)CCCN=C(N)N)C(=O)NC(CC(C)C)C(=O)NC(CC(C)C)C(=O)O. The maximum Gasteiger partial charge on any atom is 0.326 e. The first-order valence-corrected chi connectivity index (χ1v) is 13.6. The Morgan fingerprint density at radius 2 is 1.33 bits per heavy atom. The molecule has 0 aromatic rings. The Bertz CT molecular complexity index is 744. The van der Waals surface area contributed by atoms with Crippen LogP contribution < -0.4 is 33.2 Å². The molecule has 0 aromatic heterocycles. The summed E-state index contributed by atoms with van der Waals surface area (Å²) in [6.45, 7) is 7.84. The van der Waals surface area contributed by atoms with Crippen molar-refractivity contribution in [3.63, 3.8) is 0 Å². The molecule has 0 rings (SSSR count). The molecule has 0 saturated heterocycles. The second kappa shape index (κ2) is 17.8. The molecule has 0 bridgehead atoms. The van der Waals surface area contributed by atoms with Crippen LogP contribution in [0.1, 0.15) is 59.8 Å². The van der Waals surface area contributed by atoms with Gasteiger partial charge in [-0.1, -0.05) is 27.7 Å². The number of hydrogen-bond acceptors (Lipinski definition) is 7. The number of carbonyl (C=O) groups is 4. The molecular weight excluding hydrogens is 486 g/mol. The lowest BCUT2D eigenvalue weighted by atomic mass is 10.00. The number of aliphatic carboxylic acids is 1. The number of aliphatic imine (C=N–C) groups is 1. The maximum absolute atomic E-state index is 13.1. The number of thioether (sulfide) groups is 1. The Hall–Kier alpha value is -2.54. The van der Waals surface area contributed by atoms with E-state index >= 15 is 0 Å². The largest absolute Gasteiger partial charge is 0.480 e. The summed E-state index contributed by atoms with van der Waals surface area (Å²) < 4.78 is 0. The number of nitrogens with one attached hydrogen (secondary N) is 3. The van der Waals surface area contributed by atoms with Gasteiger partial charge in [0.25, 0.3) is 0 Å². The predicted octanol–water partition coefficient (Wildman–Crippen LogP) is -0.248. The van der Waals surface area contributed by atoms with Crippen LogP contribution in [0, 0.1) is 11.8 Å². The van der Waals surface area contributed by atoms with E-state index < -0.39 is 47.9 Å². The summed E-state index contributed by atoms with van der Waals surface area (Å²) in [7, 11) is 0. The summed E-state index contributed by atoms with van der Waals surface area (Å²) in [5.74, 6) is -2.07. The molecule has 0 spiro atoms. The third-order valence-electron chi connectivity index (χ3n) is 5.21. The van der Waals surface area contributed by atoms with E-state index in [4.69, 9.17) is 17.2 Å². The lowest BCUT2D eigenvalue weighted by Gasteiger charge is -2.26. The van der Waals surface area contributed by atoms with Crippen molar-refractivity contribution in [2.24, 2.45) is 34.0 Å². The van der Waals surface area contributed by atoms with Gasteiger partial charge in [-0.3, -0.25) is 19.4 Å². The molecule has 36 heavy (non-hydrogen) atoms. The van der Waals surface area contributed by atoms with E-state index in [9.17, 15) is 24.3 Å². The summed E-state index contributed by atoms with van der Waals surface area (Å²) in [6, 6.07) is -3.77. The van der Waals surface area contributed by atoms with Gasteiger partial charge in [-0.05, 0) is 55.9 Å². The number of nitrogens with two attached hydrogens (primary N) is 3. The van der Waals surface area contributed by atoms with Gasteiger partial charge in [0, 0.05) is 6.54 Å². The fourth-order valence-corrected chi connectivity index (χ4v) is 3.85. The van der Waals surface area contributed by atoms with Crippen LogP contribution >= 0.6 is 11.8 Å². The minimum Gasteiger partial charge on any atom is -0.480 e. The number of guanidine groups is 1. The van der Waals surface area contributed by atoms with Crippen molar-refractivity contribution in [2.75, 3.05) is 18.6 Å². The molecule has 0 heterocycles. The molecule has 0 fully saturated rings. The van der Waals surface area contributed by atoms with E-state index in [-0.39, 0.29) is 24.2 Å². The van der Waals surface area contributed by atoms with E-state index in [1.165, 1.54) is 11.8 Å². The molecule has 0 aromatic carbocycles. The third-order valence-corrected chi connectivity index (χ3v) is 5.85. The highest BCUT2D eigenvalue weighted by Crippen LogP contribution is 2.10. The molecule has 4 atom stereocenters. The summed E-state index contributed by atoms with van der Waals surface area (Å²) in [5.41, 5.74) is 16.5. The molecule has 0 aliphatic heterocycles. The fourth-order valence-electron chi connectivity index (χ4n) is 3.37. The Morgan fingerprint density at radius 3 is 1.83 bits per heavy atom. The van der Waals surface area contributed by atoms with Gasteiger partial charge in [0.1, 0.15) is 18.1 Å². The first kappa shape index (κ1) is 33.5. The topological polar surface area (TPSA) is 215 Å². The Labute approximate surface area is 218 Å². The zero-order chi connectivity index (χ0) is 27.8. The second-order valence-corrected chi connectivity index (χ2v) is 10.6. The van der Waals surface area contributed by atoms with Crippen molar-refractivity contribution >= 4 is 41.4 Å². The number of carboxylic acid groups (broad SMARTS) is 1. The average molecular weight is 532 g/mol. The van der Waals surface area contributed by atoms with Gasteiger partial charge in [-0.15, -0.1) is 0 Å². The Kier molecular flexibility index (Phi) is 16.6. The van der Waals surface area contributed by atoms with Crippen molar-refractivity contribution in [1.29, 1.82) is 0 Å². The quantitative estimate of drug-likeness (QED) is 0.0704. The van der Waals surface area contributed by atoms with E-state index in [1.54, 1.807) is 0 Å². The number of hydrogen-bond donors (Lipinski definition) is 7. The van der Waals surface area contributed by atoms with E-state index in [1.807, 2.05) is 34.0 Å². The fraction of sp³-hybridized carbons (Fsp3) is 0.783. The van der Waals surface area contributed by atoms with Gasteiger partial charge in [0.15, 0.2) is 5.96 Å². The van der Waals surface area contributed by atoms with Crippen molar-refractivity contribution in [1.82, 2.24) is 16.0 Å². The van der Waals surface area contributed by atoms with Crippen molar-refractivity contribution in [2.45, 2.75) is 84.0 Å². The van der Waals surface area contributed by atoms with E-state index in [0.717, 1.165) is 0 Å². The number of carbonyl (C=O) groups excluding carboxylic acids is 3. The highest BCUT2D eigenvalue weighted by Gasteiger charge is 2.30. The molecule has 12 nitrogen and oxygen atoms in total. The van der Waals surface area contributed by atoms with Crippen LogP contribution in [0.3, 0.4) is 0 Å². The summed E-state index contributed by atoms with van der Waals surface area (Å²) in [4.78, 5) is 54.1. The molecular formula is C23H45N7O5S. The van der Waals surface area contributed by atoms with Crippen molar-refractivity contribution in [3.05, 3.63) is 0 Å². The number of carboxylic acids is 1. The second-order valence-electron chi connectivity index (χ2n) is 9.62. The first-order valence-electron chi connectivity index (χ1n) is 12.2. The number of rotatable bonds is 18. The van der Waals surface area contributed by atoms with E-state index in [0.29, 0.717) is 38.0 Å². The minimum atomic E-state index is -1.13. The lowest BCUT2D eigenvalue weighted by Crippen LogP contribution is -2.57. The van der Waals surface area contributed by atoms with Crippen LogP contribution in [-0.4, -0.2) is 77.5 Å². The van der Waals surface area contributed by atoms with Crippen molar-refractivity contribution in [3.8, 4) is 0 Å². The molecule has 0 saturated carbocycles. The van der Waals surface area contributed by atoms with Crippen LogP contribution in [-0.2, 0) is 19.2 Å². The smallest absolute Gasteiger partial charge is 0.326 e. The average Bonchev–Trinajstić information content (AvgIpc) is 2.77. The van der Waals surface area contributed by atoms with Crippen LogP contribution in [0.5, 0.6) is 0 Å². The Balaban J connectivity index is 5.37. The maximum atomic E-state index is 13.1. The van der Waals surface area contributed by atoms with Crippen molar-refractivity contribution < 1.29 is 24.3 Å². The van der Waals surface area contributed by atoms with Gasteiger partial charge in [-0.25, -0.2) is 4.79 Å². The molecule has 0 aliphatic carbocycles. The predicted molar refractivity (Wildman–Crippen MR) is 143 cm³/mol. The highest BCUT2D eigenvalue weighted by molar-refractivity contribution is 7.98. The summed E-state index contributed by atoms with van der Waals surface area (Å²) in [6.07, 6.45) is 3.59. The first-order chi connectivity index (χ1) is 16.8. The molecule has 0 aliphatic rings. The minimum absolute atomic E-state index is 0.0410. The zero-order valence-electron chi connectivity index (χ0n) is 22.1.